The molecule has 0 aromatic carbocycles. The summed E-state index contributed by atoms with van der Waals surface area (Å²) in [6, 6.07) is 1.06. The van der Waals surface area contributed by atoms with E-state index in [1.807, 2.05) is 11.4 Å². The quantitative estimate of drug-likeness (QED) is 0.438. The van der Waals surface area contributed by atoms with Crippen LogP contribution in [0.1, 0.15) is 0 Å². The summed E-state index contributed by atoms with van der Waals surface area (Å²) in [7, 11) is -1.30. The minimum atomic E-state index is -1.30. The lowest BCUT2D eigenvalue weighted by molar-refractivity contribution is 1.40. The monoisotopic (exact) mass is 160 g/mol. The molecular weight excluding hydrogens is 148 g/mol. The molecule has 0 aliphatic heterocycles. The summed E-state index contributed by atoms with van der Waals surface area (Å²) in [5.74, 6) is 0.723. The van der Waals surface area contributed by atoms with Crippen molar-refractivity contribution in [1.29, 1.82) is 0 Å². The van der Waals surface area contributed by atoms with Gasteiger partial charge in [-0.3, -0.25) is 0 Å². The van der Waals surface area contributed by atoms with Gasteiger partial charge in [0.15, 0.2) is 0 Å². The van der Waals surface area contributed by atoms with Crippen molar-refractivity contribution in [2.75, 3.05) is 5.88 Å². The molecule has 0 aliphatic carbocycles. The number of hydrogen-bond acceptors (Lipinski definition) is 0. The first-order valence-corrected chi connectivity index (χ1v) is 6.41. The molecule has 0 unspecified atom stereocenters. The van der Waals surface area contributed by atoms with Crippen LogP contribution in [-0.2, 0) is 0 Å². The summed E-state index contributed by atoms with van der Waals surface area (Å²) >= 11 is 5.58. The van der Waals surface area contributed by atoms with Crippen molar-refractivity contribution < 1.29 is 0 Å². The molecular formula is C7H13ClSi. The van der Waals surface area contributed by atoms with Crippen LogP contribution in [0.4, 0.5) is 0 Å². The molecule has 0 fully saturated rings. The molecule has 0 saturated carbocycles. The van der Waals surface area contributed by atoms with Gasteiger partial charge in [0.05, 0.1) is 8.07 Å². The zero-order valence-electron chi connectivity index (χ0n) is 5.86. The minimum absolute atomic E-state index is 0.723. The first kappa shape index (κ1) is 8.99. The highest BCUT2D eigenvalue weighted by molar-refractivity contribution is 6.88. The van der Waals surface area contributed by atoms with Crippen molar-refractivity contribution in [2.45, 2.75) is 12.6 Å². The highest BCUT2D eigenvalue weighted by atomic mass is 35.5. The summed E-state index contributed by atoms with van der Waals surface area (Å²) in [5.41, 5.74) is 4.03. The fourth-order valence-electron chi connectivity index (χ4n) is 0.491. The van der Waals surface area contributed by atoms with Crippen molar-refractivity contribution >= 4 is 19.7 Å². The molecule has 0 aromatic heterocycles. The van der Waals surface area contributed by atoms with E-state index in [1.165, 1.54) is 0 Å². The van der Waals surface area contributed by atoms with Crippen LogP contribution in [0.25, 0.3) is 0 Å². The van der Waals surface area contributed by atoms with Crippen LogP contribution in [0.3, 0.4) is 0 Å². The average Bonchev–Trinajstić information content (AvgIpc) is 1.89. The summed E-state index contributed by atoms with van der Waals surface area (Å²) in [5, 5.41) is 0. The predicted molar refractivity (Wildman–Crippen MR) is 47.5 cm³/mol. The van der Waals surface area contributed by atoms with Gasteiger partial charge in [0.25, 0.3) is 0 Å². The maximum absolute atomic E-state index is 5.58. The Kier molecular flexibility index (Phi) is 3.90. The van der Waals surface area contributed by atoms with Gasteiger partial charge in [-0.05, 0) is 6.04 Å². The molecule has 0 radical (unpaired) electrons. The molecule has 9 heavy (non-hydrogen) atoms. The molecule has 0 saturated heterocycles. The van der Waals surface area contributed by atoms with Gasteiger partial charge in [-0.15, -0.1) is 24.8 Å². The van der Waals surface area contributed by atoms with Gasteiger partial charge in [-0.25, -0.2) is 0 Å². The maximum Gasteiger partial charge on any atom is 0.0985 e. The summed E-state index contributed by atoms with van der Waals surface area (Å²) in [6.07, 6.45) is 0. The number of alkyl halides is 1. The van der Waals surface area contributed by atoms with Gasteiger partial charge in [-0.2, -0.15) is 0 Å². The molecule has 0 aliphatic rings. The third-order valence-electron chi connectivity index (χ3n) is 1.57. The molecule has 0 heterocycles. The SMILES string of the molecule is C=C[Si](C)(C=C)CCCl. The molecule has 2 heteroatoms. The van der Waals surface area contributed by atoms with Crippen LogP contribution >= 0.6 is 11.6 Å². The lowest BCUT2D eigenvalue weighted by Crippen LogP contribution is -2.24. The second kappa shape index (κ2) is 3.91. The Hall–Kier alpha value is -0.0131. The molecule has 0 amide bonds. The Morgan fingerprint density at radius 2 is 1.89 bits per heavy atom. The van der Waals surface area contributed by atoms with Crippen LogP contribution in [0.15, 0.2) is 24.6 Å². The molecule has 0 N–H and O–H groups in total. The van der Waals surface area contributed by atoms with Gasteiger partial charge in [0.2, 0.25) is 0 Å². The highest BCUT2D eigenvalue weighted by Crippen LogP contribution is 2.11. The molecule has 0 rings (SSSR count). The van der Waals surface area contributed by atoms with E-state index in [1.54, 1.807) is 0 Å². The van der Waals surface area contributed by atoms with E-state index in [2.05, 4.69) is 19.7 Å². The predicted octanol–water partition coefficient (Wildman–Crippen LogP) is 2.75. The second-order valence-electron chi connectivity index (χ2n) is 2.35. The van der Waals surface area contributed by atoms with Crippen molar-refractivity contribution in [1.82, 2.24) is 0 Å². The van der Waals surface area contributed by atoms with Gasteiger partial charge in [-0.1, -0.05) is 17.9 Å². The third kappa shape index (κ3) is 2.87. The van der Waals surface area contributed by atoms with E-state index in [9.17, 15) is 0 Å². The Morgan fingerprint density at radius 3 is 2.00 bits per heavy atom. The van der Waals surface area contributed by atoms with Crippen molar-refractivity contribution in [3.63, 3.8) is 0 Å². The van der Waals surface area contributed by atoms with Crippen molar-refractivity contribution in [3.8, 4) is 0 Å². The van der Waals surface area contributed by atoms with E-state index < -0.39 is 8.07 Å². The Balaban J connectivity index is 3.91. The number of rotatable bonds is 4. The lowest BCUT2D eigenvalue weighted by atomic mass is 11.0. The molecule has 52 valence electrons. The van der Waals surface area contributed by atoms with Crippen LogP contribution < -0.4 is 0 Å². The standard InChI is InChI=1S/C7H13ClSi/c1-4-9(3,5-2)7-6-8/h4-5H,1-2,6-7H2,3H3. The average molecular weight is 161 g/mol. The molecule has 0 nitrogen and oxygen atoms in total. The summed E-state index contributed by atoms with van der Waals surface area (Å²) in [6.45, 7) is 9.71. The van der Waals surface area contributed by atoms with Crippen LogP contribution in [-0.4, -0.2) is 14.0 Å². The maximum atomic E-state index is 5.58. The van der Waals surface area contributed by atoms with E-state index in [0.717, 1.165) is 11.9 Å². The molecule has 0 spiro atoms. The third-order valence-corrected chi connectivity index (χ3v) is 5.26. The van der Waals surface area contributed by atoms with E-state index in [4.69, 9.17) is 11.6 Å². The molecule has 0 bridgehead atoms. The topological polar surface area (TPSA) is 0 Å². The number of hydrogen-bond donors (Lipinski definition) is 0. The van der Waals surface area contributed by atoms with Gasteiger partial charge < -0.3 is 0 Å². The normalized spacial score (nSPS) is 10.9. The molecule has 0 atom stereocenters. The minimum Gasteiger partial charge on any atom is -0.127 e. The Morgan fingerprint density at radius 1 is 1.44 bits per heavy atom. The fraction of sp³-hybridized carbons (Fsp3) is 0.429. The number of halogens is 1. The van der Waals surface area contributed by atoms with Crippen molar-refractivity contribution in [2.24, 2.45) is 0 Å². The van der Waals surface area contributed by atoms with Crippen molar-refractivity contribution in [3.05, 3.63) is 24.6 Å². The molecule has 0 aromatic rings. The smallest absolute Gasteiger partial charge is 0.0985 e. The first-order valence-electron chi connectivity index (χ1n) is 3.01. The largest absolute Gasteiger partial charge is 0.127 e. The first-order chi connectivity index (χ1) is 4.18. The van der Waals surface area contributed by atoms with Gasteiger partial charge in [0.1, 0.15) is 0 Å². The van der Waals surface area contributed by atoms with Crippen LogP contribution in [0, 0.1) is 0 Å². The summed E-state index contributed by atoms with van der Waals surface area (Å²) in [4.78, 5) is 0. The van der Waals surface area contributed by atoms with Gasteiger partial charge >= 0.3 is 0 Å². The van der Waals surface area contributed by atoms with E-state index >= 15 is 0 Å². The van der Waals surface area contributed by atoms with E-state index in [-0.39, 0.29) is 0 Å². The van der Waals surface area contributed by atoms with Gasteiger partial charge in [0, 0.05) is 5.88 Å². The zero-order valence-corrected chi connectivity index (χ0v) is 7.62. The zero-order chi connectivity index (χ0) is 7.33. The Labute approximate surface area is 63.2 Å². The second-order valence-corrected chi connectivity index (χ2v) is 7.06. The summed E-state index contributed by atoms with van der Waals surface area (Å²) < 4.78 is 0. The highest BCUT2D eigenvalue weighted by Gasteiger charge is 2.16. The van der Waals surface area contributed by atoms with Crippen LogP contribution in [0.2, 0.25) is 12.6 Å². The Bertz CT molecular complexity index is 101. The van der Waals surface area contributed by atoms with E-state index in [0.29, 0.717) is 0 Å². The fourth-order valence-corrected chi connectivity index (χ4v) is 2.69. The lowest BCUT2D eigenvalue weighted by Gasteiger charge is -2.15. The van der Waals surface area contributed by atoms with Crippen LogP contribution in [0.5, 0.6) is 0 Å².